The van der Waals surface area contributed by atoms with E-state index in [1.54, 1.807) is 18.5 Å². The van der Waals surface area contributed by atoms with Crippen LogP contribution in [-0.4, -0.2) is 53.7 Å². The molecule has 1 aromatic heterocycles. The molecule has 114 valence electrons. The summed E-state index contributed by atoms with van der Waals surface area (Å²) in [6.45, 7) is 0.354. The summed E-state index contributed by atoms with van der Waals surface area (Å²) in [4.78, 5) is 25.6. The van der Waals surface area contributed by atoms with Crippen molar-refractivity contribution < 1.29 is 9.72 Å². The predicted molar refractivity (Wildman–Crippen MR) is 89.0 cm³/mol. The van der Waals surface area contributed by atoms with Crippen LogP contribution in [0.3, 0.4) is 0 Å². The number of nitrogens with one attached hydrogen (secondary N) is 2. The number of carbonyl (C=O) groups is 1. The van der Waals surface area contributed by atoms with Gasteiger partial charge in [0.25, 0.3) is 5.69 Å². The number of nitro benzene ring substituents is 1. The standard InChI is InChI=1S/C13H12N4O3.Ca.ClH.2H/c18-13(15-9-10-2-1-7-14-8-10)16-11-3-5-12(6-4-11)17(19)20;;;;/h1-8H,9H2,(H2,15,16,18);;1H;;. The Labute approximate surface area is 163 Å². The van der Waals surface area contributed by atoms with Crippen LogP contribution in [0.5, 0.6) is 0 Å². The third kappa shape index (κ3) is 6.57. The Hall–Kier alpha value is -1.41. The quantitative estimate of drug-likeness (QED) is 0.499. The first-order valence-corrected chi connectivity index (χ1v) is 5.83. The Morgan fingerprint density at radius 1 is 1.23 bits per heavy atom. The number of hydrogen-bond donors (Lipinski definition) is 2. The van der Waals surface area contributed by atoms with Gasteiger partial charge in [-0.3, -0.25) is 15.1 Å². The first kappa shape index (κ1) is 20.6. The maximum atomic E-state index is 11.6. The molecule has 22 heavy (non-hydrogen) atoms. The van der Waals surface area contributed by atoms with Gasteiger partial charge in [-0.15, -0.1) is 12.4 Å². The second kappa shape index (κ2) is 10.3. The fourth-order valence-corrected chi connectivity index (χ4v) is 1.53. The zero-order valence-corrected chi connectivity index (χ0v) is 11.7. The van der Waals surface area contributed by atoms with Crippen molar-refractivity contribution in [3.8, 4) is 0 Å². The van der Waals surface area contributed by atoms with Gasteiger partial charge >= 0.3 is 43.8 Å². The van der Waals surface area contributed by atoms with E-state index >= 15 is 0 Å². The Bertz CT molecular complexity index is 610. The van der Waals surface area contributed by atoms with E-state index in [-0.39, 0.29) is 61.9 Å². The Balaban J connectivity index is 0.00000220. The van der Waals surface area contributed by atoms with Gasteiger partial charge in [0.2, 0.25) is 0 Å². The van der Waals surface area contributed by atoms with Crippen LogP contribution in [0.1, 0.15) is 5.56 Å². The van der Waals surface area contributed by atoms with Crippen LogP contribution in [0.25, 0.3) is 0 Å². The number of nitro groups is 1. The minimum atomic E-state index is -0.494. The molecule has 0 aliphatic carbocycles. The number of amides is 2. The summed E-state index contributed by atoms with van der Waals surface area (Å²) in [6.07, 6.45) is 3.31. The normalized spacial score (nSPS) is 8.91. The molecule has 2 rings (SSSR count). The maximum absolute atomic E-state index is 11.6. The van der Waals surface area contributed by atoms with Gasteiger partial charge in [-0.05, 0) is 23.8 Å². The molecule has 9 heteroatoms. The third-order valence-electron chi connectivity index (χ3n) is 2.51. The molecule has 0 unspecified atom stereocenters. The Morgan fingerprint density at radius 2 is 1.91 bits per heavy atom. The van der Waals surface area contributed by atoms with E-state index in [2.05, 4.69) is 15.6 Å². The van der Waals surface area contributed by atoms with Crippen LogP contribution in [0, 0.1) is 10.1 Å². The molecule has 0 saturated carbocycles. The molecule has 2 amide bonds. The molecule has 0 spiro atoms. The van der Waals surface area contributed by atoms with Crippen molar-refractivity contribution in [1.82, 2.24) is 10.3 Å². The Kier molecular flexibility index (Phi) is 9.68. The fourth-order valence-electron chi connectivity index (χ4n) is 1.53. The van der Waals surface area contributed by atoms with E-state index < -0.39 is 4.92 Å². The summed E-state index contributed by atoms with van der Waals surface area (Å²) in [5, 5.41) is 15.7. The van der Waals surface area contributed by atoms with Gasteiger partial charge < -0.3 is 10.6 Å². The molecule has 0 saturated heterocycles. The van der Waals surface area contributed by atoms with E-state index in [0.717, 1.165) is 5.56 Å². The van der Waals surface area contributed by atoms with Crippen molar-refractivity contribution in [3.63, 3.8) is 0 Å². The van der Waals surface area contributed by atoms with Gasteiger partial charge in [0.15, 0.2) is 0 Å². The van der Waals surface area contributed by atoms with Gasteiger partial charge in [-0.1, -0.05) is 6.07 Å². The van der Waals surface area contributed by atoms with Crippen molar-refractivity contribution >= 4 is 67.6 Å². The second-order valence-corrected chi connectivity index (χ2v) is 3.97. The van der Waals surface area contributed by atoms with Crippen molar-refractivity contribution in [1.29, 1.82) is 0 Å². The topological polar surface area (TPSA) is 97.2 Å². The summed E-state index contributed by atoms with van der Waals surface area (Å²) in [5.41, 5.74) is 1.34. The van der Waals surface area contributed by atoms with Gasteiger partial charge in [-0.25, -0.2) is 4.79 Å². The molecule has 1 heterocycles. The summed E-state index contributed by atoms with van der Waals surface area (Å²) in [7, 11) is 0. The molecule has 0 aliphatic heterocycles. The van der Waals surface area contributed by atoms with Gasteiger partial charge in [0, 0.05) is 36.8 Å². The minimum absolute atomic E-state index is 0. The number of aromatic nitrogens is 1. The molecule has 2 N–H and O–H groups in total. The van der Waals surface area contributed by atoms with E-state index in [9.17, 15) is 14.9 Å². The summed E-state index contributed by atoms with van der Waals surface area (Å²) >= 11 is 0. The number of halogens is 1. The van der Waals surface area contributed by atoms with E-state index in [0.29, 0.717) is 12.2 Å². The Morgan fingerprint density at radius 3 is 2.45 bits per heavy atom. The molecule has 7 nitrogen and oxygen atoms in total. The summed E-state index contributed by atoms with van der Waals surface area (Å²) in [5.74, 6) is 0. The molecule has 0 radical (unpaired) electrons. The number of pyridine rings is 1. The first-order chi connectivity index (χ1) is 9.65. The summed E-state index contributed by atoms with van der Waals surface area (Å²) < 4.78 is 0. The molecular weight excluding hydrogens is 336 g/mol. The average Bonchev–Trinajstić information content (AvgIpc) is 2.47. The molecule has 2 aromatic rings. The van der Waals surface area contributed by atoms with Gasteiger partial charge in [-0.2, -0.15) is 0 Å². The number of non-ortho nitro benzene ring substituents is 1. The van der Waals surface area contributed by atoms with E-state index in [4.69, 9.17) is 0 Å². The van der Waals surface area contributed by atoms with Crippen LogP contribution in [0.2, 0.25) is 0 Å². The number of benzene rings is 1. The van der Waals surface area contributed by atoms with Crippen LogP contribution in [0.4, 0.5) is 16.2 Å². The number of urea groups is 1. The first-order valence-electron chi connectivity index (χ1n) is 5.83. The number of nitrogens with zero attached hydrogens (tertiary/aromatic N) is 2. The van der Waals surface area contributed by atoms with Crippen molar-refractivity contribution in [3.05, 3.63) is 64.5 Å². The summed E-state index contributed by atoms with van der Waals surface area (Å²) in [6, 6.07) is 8.85. The number of carbonyl (C=O) groups excluding carboxylic acids is 1. The zero-order chi connectivity index (χ0) is 14.4. The molecule has 0 aliphatic rings. The third-order valence-corrected chi connectivity index (χ3v) is 2.51. The van der Waals surface area contributed by atoms with Crippen molar-refractivity contribution in [2.24, 2.45) is 0 Å². The van der Waals surface area contributed by atoms with Crippen LogP contribution < -0.4 is 10.6 Å². The number of rotatable bonds is 4. The van der Waals surface area contributed by atoms with Crippen molar-refractivity contribution in [2.45, 2.75) is 6.54 Å². The van der Waals surface area contributed by atoms with Crippen LogP contribution in [-0.2, 0) is 6.54 Å². The van der Waals surface area contributed by atoms with E-state index in [1.807, 2.05) is 6.07 Å². The average molecular weight is 351 g/mol. The van der Waals surface area contributed by atoms with Crippen molar-refractivity contribution in [2.75, 3.05) is 5.32 Å². The second-order valence-electron chi connectivity index (χ2n) is 3.97. The van der Waals surface area contributed by atoms with Gasteiger partial charge in [0.05, 0.1) is 4.92 Å². The monoisotopic (exact) mass is 350 g/mol. The molecule has 0 fully saturated rings. The zero-order valence-electron chi connectivity index (χ0n) is 10.9. The van der Waals surface area contributed by atoms with Crippen LogP contribution >= 0.6 is 12.4 Å². The SMILES string of the molecule is Cl.O=C(NCc1cccnc1)Nc1ccc([N+](=O)[O-])cc1.[CaH2]. The van der Waals surface area contributed by atoms with Gasteiger partial charge in [0.1, 0.15) is 0 Å². The number of anilines is 1. The molecule has 0 atom stereocenters. The molecule has 0 bridgehead atoms. The van der Waals surface area contributed by atoms with E-state index in [1.165, 1.54) is 24.3 Å². The molecule has 1 aromatic carbocycles. The predicted octanol–water partition coefficient (Wildman–Crippen LogP) is 1.82. The fraction of sp³-hybridized carbons (Fsp3) is 0.0769. The molecular formula is C13H15CaClN4O3. The van der Waals surface area contributed by atoms with Crippen LogP contribution in [0.15, 0.2) is 48.8 Å². The number of hydrogen-bond acceptors (Lipinski definition) is 4.